The van der Waals surface area contributed by atoms with Crippen molar-refractivity contribution < 1.29 is 9.53 Å². The molecule has 0 radical (unpaired) electrons. The predicted octanol–water partition coefficient (Wildman–Crippen LogP) is 2.97. The first-order chi connectivity index (χ1) is 8.11. The first-order valence-corrected chi connectivity index (χ1v) is 6.78. The first-order valence-electron chi connectivity index (χ1n) is 5.53. The topological polar surface area (TPSA) is 26.3 Å². The molecule has 0 aliphatic rings. The van der Waals surface area contributed by atoms with Crippen molar-refractivity contribution in [3.05, 3.63) is 35.4 Å². The molecule has 0 saturated heterocycles. The SMILES string of the molecule is CCOC(=O)C#Cc1ccc(CC(C)I)cc1. The van der Waals surface area contributed by atoms with Crippen molar-refractivity contribution in [2.45, 2.75) is 24.2 Å². The van der Waals surface area contributed by atoms with E-state index in [1.165, 1.54) is 5.56 Å². The van der Waals surface area contributed by atoms with Crippen LogP contribution < -0.4 is 0 Å². The summed E-state index contributed by atoms with van der Waals surface area (Å²) >= 11 is 2.40. The van der Waals surface area contributed by atoms with Gasteiger partial charge < -0.3 is 4.74 Å². The van der Waals surface area contributed by atoms with Gasteiger partial charge in [0.25, 0.3) is 0 Å². The number of rotatable bonds is 3. The molecule has 0 aliphatic carbocycles. The minimum Gasteiger partial charge on any atom is -0.456 e. The zero-order valence-electron chi connectivity index (χ0n) is 10.00. The van der Waals surface area contributed by atoms with Gasteiger partial charge in [0.05, 0.1) is 6.61 Å². The molecule has 0 saturated carbocycles. The van der Waals surface area contributed by atoms with Crippen LogP contribution in [0.1, 0.15) is 25.0 Å². The lowest BCUT2D eigenvalue weighted by Gasteiger charge is -2.02. The second-order valence-electron chi connectivity index (χ2n) is 3.65. The predicted molar refractivity (Wildman–Crippen MR) is 77.1 cm³/mol. The fourth-order valence-corrected chi connectivity index (χ4v) is 1.85. The van der Waals surface area contributed by atoms with E-state index in [9.17, 15) is 4.79 Å². The van der Waals surface area contributed by atoms with Crippen molar-refractivity contribution in [3.63, 3.8) is 0 Å². The summed E-state index contributed by atoms with van der Waals surface area (Å²) in [6.07, 6.45) is 1.05. The van der Waals surface area contributed by atoms with Crippen LogP contribution in [0.2, 0.25) is 0 Å². The zero-order valence-corrected chi connectivity index (χ0v) is 12.2. The summed E-state index contributed by atoms with van der Waals surface area (Å²) in [5, 5.41) is 0. The van der Waals surface area contributed by atoms with Crippen LogP contribution in [0.5, 0.6) is 0 Å². The van der Waals surface area contributed by atoms with Crippen molar-refractivity contribution in [2.75, 3.05) is 6.61 Å². The van der Waals surface area contributed by atoms with Gasteiger partial charge in [0.1, 0.15) is 0 Å². The highest BCUT2D eigenvalue weighted by molar-refractivity contribution is 14.1. The molecular weight excluding hydrogens is 327 g/mol. The Balaban J connectivity index is 2.65. The molecule has 0 N–H and O–H groups in total. The molecular formula is C14H15IO2. The summed E-state index contributed by atoms with van der Waals surface area (Å²) in [6.45, 7) is 4.30. The lowest BCUT2D eigenvalue weighted by molar-refractivity contribution is -0.136. The fourth-order valence-electron chi connectivity index (χ4n) is 1.34. The number of hydrogen-bond donors (Lipinski definition) is 0. The summed E-state index contributed by atoms with van der Waals surface area (Å²) in [7, 11) is 0. The molecule has 2 nitrogen and oxygen atoms in total. The van der Waals surface area contributed by atoms with E-state index < -0.39 is 5.97 Å². The Morgan fingerprint density at radius 2 is 2.06 bits per heavy atom. The van der Waals surface area contributed by atoms with Crippen LogP contribution in [0.25, 0.3) is 0 Å². The van der Waals surface area contributed by atoms with Crippen LogP contribution in [0, 0.1) is 11.8 Å². The smallest absolute Gasteiger partial charge is 0.384 e. The van der Waals surface area contributed by atoms with Gasteiger partial charge in [-0.25, -0.2) is 4.79 Å². The Labute approximate surface area is 116 Å². The average Bonchev–Trinajstić information content (AvgIpc) is 2.28. The third-order valence-electron chi connectivity index (χ3n) is 2.06. The van der Waals surface area contributed by atoms with Gasteiger partial charge in [0.15, 0.2) is 0 Å². The molecule has 1 unspecified atom stereocenters. The van der Waals surface area contributed by atoms with Gasteiger partial charge in [0.2, 0.25) is 0 Å². The number of alkyl halides is 1. The number of halogens is 1. The molecule has 1 rings (SSSR count). The monoisotopic (exact) mass is 342 g/mol. The summed E-state index contributed by atoms with van der Waals surface area (Å²) in [5.41, 5.74) is 2.12. The maximum Gasteiger partial charge on any atom is 0.384 e. The summed E-state index contributed by atoms with van der Waals surface area (Å²) < 4.78 is 5.34. The van der Waals surface area contributed by atoms with E-state index in [2.05, 4.69) is 41.4 Å². The Hall–Kier alpha value is -1.02. The highest BCUT2D eigenvalue weighted by atomic mass is 127. The molecule has 1 aromatic carbocycles. The van der Waals surface area contributed by atoms with Gasteiger partial charge in [-0.3, -0.25) is 0 Å². The second-order valence-corrected chi connectivity index (χ2v) is 5.78. The van der Waals surface area contributed by atoms with Crippen LogP contribution in [0.15, 0.2) is 24.3 Å². The Morgan fingerprint density at radius 1 is 1.41 bits per heavy atom. The van der Waals surface area contributed by atoms with Gasteiger partial charge >= 0.3 is 5.97 Å². The quantitative estimate of drug-likeness (QED) is 0.365. The number of ether oxygens (including phenoxy) is 1. The fraction of sp³-hybridized carbons (Fsp3) is 0.357. The molecule has 17 heavy (non-hydrogen) atoms. The second kappa shape index (κ2) is 7.33. The molecule has 0 spiro atoms. The van der Waals surface area contributed by atoms with Gasteiger partial charge in [-0.1, -0.05) is 47.6 Å². The lowest BCUT2D eigenvalue weighted by atomic mass is 10.1. The highest BCUT2D eigenvalue weighted by Gasteiger charge is 1.98. The summed E-state index contributed by atoms with van der Waals surface area (Å²) in [4.78, 5) is 11.0. The lowest BCUT2D eigenvalue weighted by Crippen LogP contribution is -1.99. The van der Waals surface area contributed by atoms with Crippen molar-refractivity contribution in [3.8, 4) is 11.8 Å². The van der Waals surface area contributed by atoms with Crippen molar-refractivity contribution in [1.82, 2.24) is 0 Å². The molecule has 1 aromatic rings. The van der Waals surface area contributed by atoms with Crippen LogP contribution in [0.4, 0.5) is 0 Å². The summed E-state index contributed by atoms with van der Waals surface area (Å²) in [6, 6.07) is 7.95. The van der Waals surface area contributed by atoms with E-state index in [1.54, 1.807) is 6.92 Å². The van der Waals surface area contributed by atoms with E-state index in [1.807, 2.05) is 24.3 Å². The van der Waals surface area contributed by atoms with Gasteiger partial charge in [-0.05, 0) is 31.0 Å². The summed E-state index contributed by atoms with van der Waals surface area (Å²) in [5.74, 6) is 4.76. The number of benzene rings is 1. The van der Waals surface area contributed by atoms with E-state index in [-0.39, 0.29) is 0 Å². The minimum absolute atomic E-state index is 0.361. The van der Waals surface area contributed by atoms with E-state index in [0.717, 1.165) is 12.0 Å². The number of carbonyl (C=O) groups is 1. The standard InChI is InChI=1S/C14H15IO2/c1-3-17-14(16)9-8-12-4-6-13(7-5-12)10-11(2)15/h4-7,11H,3,10H2,1-2H3. The van der Waals surface area contributed by atoms with E-state index >= 15 is 0 Å². The molecule has 0 heterocycles. The highest BCUT2D eigenvalue weighted by Crippen LogP contribution is 2.10. The molecule has 0 aliphatic heterocycles. The maximum atomic E-state index is 11.0. The van der Waals surface area contributed by atoms with Crippen molar-refractivity contribution in [2.24, 2.45) is 0 Å². The molecule has 0 amide bonds. The maximum absolute atomic E-state index is 11.0. The molecule has 0 bridgehead atoms. The van der Waals surface area contributed by atoms with Crippen LogP contribution in [-0.4, -0.2) is 16.5 Å². The van der Waals surface area contributed by atoms with Crippen LogP contribution in [-0.2, 0) is 16.0 Å². The van der Waals surface area contributed by atoms with Crippen molar-refractivity contribution >= 4 is 28.6 Å². The largest absolute Gasteiger partial charge is 0.456 e. The average molecular weight is 342 g/mol. The van der Waals surface area contributed by atoms with Gasteiger partial charge in [0, 0.05) is 15.4 Å². The minimum atomic E-state index is -0.475. The van der Waals surface area contributed by atoms with Crippen LogP contribution >= 0.6 is 22.6 Å². The molecule has 3 heteroatoms. The third-order valence-corrected chi connectivity index (χ3v) is 2.50. The van der Waals surface area contributed by atoms with E-state index in [0.29, 0.717) is 10.5 Å². The Kier molecular flexibility index (Phi) is 6.06. The first kappa shape index (κ1) is 14.0. The van der Waals surface area contributed by atoms with Gasteiger partial charge in [-0.15, -0.1) is 0 Å². The molecule has 0 aromatic heterocycles. The molecule has 1 atom stereocenters. The van der Waals surface area contributed by atoms with Crippen molar-refractivity contribution in [1.29, 1.82) is 0 Å². The van der Waals surface area contributed by atoms with E-state index in [4.69, 9.17) is 4.74 Å². The molecule has 0 fully saturated rings. The number of hydrogen-bond acceptors (Lipinski definition) is 2. The Morgan fingerprint density at radius 3 is 2.59 bits per heavy atom. The van der Waals surface area contributed by atoms with Gasteiger partial charge in [-0.2, -0.15) is 0 Å². The number of esters is 1. The molecule has 90 valence electrons. The normalized spacial score (nSPS) is 11.2. The number of carbonyl (C=O) groups excluding carboxylic acids is 1. The third kappa shape index (κ3) is 5.73. The Bertz CT molecular complexity index is 424. The van der Waals surface area contributed by atoms with Crippen LogP contribution in [0.3, 0.4) is 0 Å². The zero-order chi connectivity index (χ0) is 12.7.